The molecule has 0 aromatic heterocycles. The molecule has 1 aliphatic carbocycles. The highest BCUT2D eigenvalue weighted by Crippen LogP contribution is 2.30. The standard InChI is InChI=1S/C28H30Cl2N2O3S/c1-3-27(22-11-10-20-6-4-5-7-21(20)14-22)31-28(33)18-32(25-16-23(29)15-24(30)17-25)36(34,35)26-12-8-19(2)9-13-26/h8-17,27H,3-7,18H2,1-2H3,(H,31,33). The van der Waals surface area contributed by atoms with Crippen molar-refractivity contribution in [2.75, 3.05) is 10.8 Å². The average Bonchev–Trinajstić information content (AvgIpc) is 2.85. The molecule has 0 spiro atoms. The predicted molar refractivity (Wildman–Crippen MR) is 146 cm³/mol. The molecule has 0 aliphatic heterocycles. The van der Waals surface area contributed by atoms with Gasteiger partial charge in [0.25, 0.3) is 10.0 Å². The third-order valence-electron chi connectivity index (χ3n) is 6.55. The van der Waals surface area contributed by atoms with E-state index >= 15 is 0 Å². The number of benzene rings is 3. The molecule has 3 aromatic rings. The maximum absolute atomic E-state index is 13.6. The van der Waals surface area contributed by atoms with Gasteiger partial charge in [0, 0.05) is 10.0 Å². The quantitative estimate of drug-likeness (QED) is 0.345. The lowest BCUT2D eigenvalue weighted by molar-refractivity contribution is -0.120. The summed E-state index contributed by atoms with van der Waals surface area (Å²) in [6.45, 7) is 3.47. The fourth-order valence-corrected chi connectivity index (χ4v) is 6.52. The van der Waals surface area contributed by atoms with Gasteiger partial charge in [-0.3, -0.25) is 9.10 Å². The lowest BCUT2D eigenvalue weighted by Crippen LogP contribution is -2.42. The summed E-state index contributed by atoms with van der Waals surface area (Å²) in [5.74, 6) is -0.411. The zero-order chi connectivity index (χ0) is 25.9. The SMILES string of the molecule is CCC(NC(=O)CN(c1cc(Cl)cc(Cl)c1)S(=O)(=O)c1ccc(C)cc1)c1ccc2c(c1)CCCC2. The van der Waals surface area contributed by atoms with E-state index in [4.69, 9.17) is 23.2 Å². The first-order valence-electron chi connectivity index (χ1n) is 12.1. The van der Waals surface area contributed by atoms with Crippen LogP contribution in [0.5, 0.6) is 0 Å². The molecule has 0 saturated heterocycles. The second kappa shape index (κ2) is 11.2. The monoisotopic (exact) mass is 544 g/mol. The van der Waals surface area contributed by atoms with Crippen LogP contribution in [0.4, 0.5) is 5.69 Å². The van der Waals surface area contributed by atoms with E-state index in [0.717, 1.165) is 28.3 Å². The number of hydrogen-bond donors (Lipinski definition) is 1. The predicted octanol–water partition coefficient (Wildman–Crippen LogP) is 6.64. The summed E-state index contributed by atoms with van der Waals surface area (Å²) in [7, 11) is -4.06. The third kappa shape index (κ3) is 6.05. The second-order valence-electron chi connectivity index (χ2n) is 9.22. The van der Waals surface area contributed by atoms with Crippen molar-refractivity contribution in [3.05, 3.63) is 93.0 Å². The van der Waals surface area contributed by atoms with Crippen LogP contribution in [0.15, 0.2) is 65.6 Å². The number of amides is 1. The van der Waals surface area contributed by atoms with Gasteiger partial charge < -0.3 is 5.32 Å². The lowest BCUT2D eigenvalue weighted by Gasteiger charge is -2.26. The van der Waals surface area contributed by atoms with E-state index in [2.05, 4.69) is 23.5 Å². The van der Waals surface area contributed by atoms with E-state index in [1.807, 2.05) is 13.8 Å². The van der Waals surface area contributed by atoms with E-state index in [1.54, 1.807) is 12.1 Å². The minimum Gasteiger partial charge on any atom is -0.348 e. The van der Waals surface area contributed by atoms with Crippen LogP contribution in [0, 0.1) is 6.92 Å². The van der Waals surface area contributed by atoms with Crippen molar-refractivity contribution in [1.82, 2.24) is 5.32 Å². The van der Waals surface area contributed by atoms with Crippen molar-refractivity contribution in [1.29, 1.82) is 0 Å². The highest BCUT2D eigenvalue weighted by atomic mass is 35.5. The Kier molecular flexibility index (Phi) is 8.28. The van der Waals surface area contributed by atoms with Crippen LogP contribution in [-0.2, 0) is 27.7 Å². The number of aryl methyl sites for hydroxylation is 3. The van der Waals surface area contributed by atoms with Crippen LogP contribution in [-0.4, -0.2) is 20.9 Å². The van der Waals surface area contributed by atoms with Crippen LogP contribution in [0.25, 0.3) is 0 Å². The van der Waals surface area contributed by atoms with Gasteiger partial charge in [-0.15, -0.1) is 0 Å². The Bertz CT molecular complexity index is 1340. The van der Waals surface area contributed by atoms with Gasteiger partial charge in [-0.1, -0.05) is 66.0 Å². The number of rotatable bonds is 8. The summed E-state index contributed by atoms with van der Waals surface area (Å²) >= 11 is 12.4. The fraction of sp³-hybridized carbons (Fsp3) is 0.321. The molecule has 0 saturated carbocycles. The number of hydrogen-bond acceptors (Lipinski definition) is 3. The van der Waals surface area contributed by atoms with Gasteiger partial charge in [-0.25, -0.2) is 8.42 Å². The molecule has 3 aromatic carbocycles. The second-order valence-corrected chi connectivity index (χ2v) is 12.0. The van der Waals surface area contributed by atoms with Gasteiger partial charge >= 0.3 is 0 Å². The molecule has 5 nitrogen and oxygen atoms in total. The van der Waals surface area contributed by atoms with Crippen LogP contribution in [0.2, 0.25) is 10.0 Å². The molecule has 0 fully saturated rings. The molecular formula is C28H30Cl2N2O3S. The number of carbonyl (C=O) groups excluding carboxylic acids is 1. The molecule has 1 aliphatic rings. The van der Waals surface area contributed by atoms with E-state index in [9.17, 15) is 13.2 Å². The largest absolute Gasteiger partial charge is 0.348 e. The van der Waals surface area contributed by atoms with Crippen molar-refractivity contribution in [3.63, 3.8) is 0 Å². The molecule has 1 N–H and O–H groups in total. The van der Waals surface area contributed by atoms with Crippen molar-refractivity contribution in [2.45, 2.75) is 56.9 Å². The smallest absolute Gasteiger partial charge is 0.264 e. The minimum atomic E-state index is -4.06. The highest BCUT2D eigenvalue weighted by Gasteiger charge is 2.28. The molecule has 8 heteroatoms. The maximum Gasteiger partial charge on any atom is 0.264 e. The Morgan fingerprint density at radius 2 is 1.58 bits per heavy atom. The zero-order valence-corrected chi connectivity index (χ0v) is 22.8. The van der Waals surface area contributed by atoms with Gasteiger partial charge in [-0.2, -0.15) is 0 Å². The lowest BCUT2D eigenvalue weighted by atomic mass is 9.89. The van der Waals surface area contributed by atoms with Gasteiger partial charge in [0.15, 0.2) is 0 Å². The summed E-state index contributed by atoms with van der Waals surface area (Å²) < 4.78 is 28.4. The highest BCUT2D eigenvalue weighted by molar-refractivity contribution is 7.92. The van der Waals surface area contributed by atoms with E-state index < -0.39 is 22.5 Å². The number of nitrogens with zero attached hydrogens (tertiary/aromatic N) is 1. The molecular weight excluding hydrogens is 515 g/mol. The first kappa shape index (κ1) is 26.5. The Morgan fingerprint density at radius 3 is 2.22 bits per heavy atom. The molecule has 190 valence electrons. The number of carbonyl (C=O) groups is 1. The van der Waals surface area contributed by atoms with Crippen molar-refractivity contribution in [2.24, 2.45) is 0 Å². The number of nitrogens with one attached hydrogen (secondary N) is 1. The van der Waals surface area contributed by atoms with Crippen molar-refractivity contribution in [3.8, 4) is 0 Å². The summed E-state index contributed by atoms with van der Waals surface area (Å²) in [5, 5.41) is 3.60. The molecule has 1 unspecified atom stereocenters. The summed E-state index contributed by atoms with van der Waals surface area (Å²) in [4.78, 5) is 13.4. The summed E-state index contributed by atoms with van der Waals surface area (Å²) in [6.07, 6.45) is 5.20. The molecule has 1 atom stereocenters. The number of halogens is 2. The number of sulfonamides is 1. The van der Waals surface area contributed by atoms with Gasteiger partial charge in [0.2, 0.25) is 5.91 Å². The third-order valence-corrected chi connectivity index (χ3v) is 8.77. The van der Waals surface area contributed by atoms with Crippen LogP contribution >= 0.6 is 23.2 Å². The van der Waals surface area contributed by atoms with Gasteiger partial charge in [0.1, 0.15) is 6.54 Å². The van der Waals surface area contributed by atoms with Crippen LogP contribution in [0.3, 0.4) is 0 Å². The van der Waals surface area contributed by atoms with E-state index in [0.29, 0.717) is 6.42 Å². The van der Waals surface area contributed by atoms with Crippen LogP contribution in [0.1, 0.15) is 54.5 Å². The van der Waals surface area contributed by atoms with Gasteiger partial charge in [0.05, 0.1) is 16.6 Å². The van der Waals surface area contributed by atoms with Crippen molar-refractivity contribution < 1.29 is 13.2 Å². The Morgan fingerprint density at radius 1 is 0.944 bits per heavy atom. The normalized spacial score (nSPS) is 14.1. The minimum absolute atomic E-state index is 0.0822. The Labute approximate surface area is 223 Å². The Hall–Kier alpha value is -2.54. The molecule has 0 heterocycles. The zero-order valence-electron chi connectivity index (χ0n) is 20.4. The Balaban J connectivity index is 1.62. The van der Waals surface area contributed by atoms with Crippen LogP contribution < -0.4 is 9.62 Å². The average molecular weight is 546 g/mol. The molecule has 0 radical (unpaired) electrons. The molecule has 36 heavy (non-hydrogen) atoms. The molecule has 4 rings (SSSR count). The van der Waals surface area contributed by atoms with Gasteiger partial charge in [-0.05, 0) is 86.1 Å². The maximum atomic E-state index is 13.6. The topological polar surface area (TPSA) is 66.5 Å². The van der Waals surface area contributed by atoms with E-state index in [1.165, 1.54) is 54.3 Å². The van der Waals surface area contributed by atoms with E-state index in [-0.39, 0.29) is 26.7 Å². The summed E-state index contributed by atoms with van der Waals surface area (Å²) in [6, 6.07) is 17.2. The first-order chi connectivity index (χ1) is 17.2. The molecule has 1 amide bonds. The first-order valence-corrected chi connectivity index (χ1v) is 14.3. The fourth-order valence-electron chi connectivity index (χ4n) is 4.60. The van der Waals surface area contributed by atoms with Crippen molar-refractivity contribution >= 4 is 44.8 Å². The number of fused-ring (bicyclic) bond motifs is 1. The summed E-state index contributed by atoms with van der Waals surface area (Å²) in [5.41, 5.74) is 4.90. The molecule has 0 bridgehead atoms. The number of anilines is 1.